The first-order valence-electron chi connectivity index (χ1n) is 7.92. The Morgan fingerprint density at radius 1 is 1.35 bits per heavy atom. The Morgan fingerprint density at radius 2 is 1.96 bits per heavy atom. The molecule has 2 N–H and O–H groups in total. The van der Waals surface area contributed by atoms with E-state index in [9.17, 15) is 9.59 Å². The van der Waals surface area contributed by atoms with E-state index in [0.29, 0.717) is 37.5 Å². The van der Waals surface area contributed by atoms with Crippen molar-refractivity contribution < 1.29 is 9.59 Å². The molecule has 6 heteroatoms. The largest absolute Gasteiger partial charge is 0.369 e. The van der Waals surface area contributed by atoms with Crippen LogP contribution in [-0.2, 0) is 16.1 Å². The Labute approximate surface area is 142 Å². The van der Waals surface area contributed by atoms with Gasteiger partial charge in [0.25, 0.3) is 0 Å². The van der Waals surface area contributed by atoms with Crippen molar-refractivity contribution in [3.8, 4) is 0 Å². The molecule has 0 aliphatic carbocycles. The highest BCUT2D eigenvalue weighted by Crippen LogP contribution is 2.20. The summed E-state index contributed by atoms with van der Waals surface area (Å²) in [5.74, 6) is -0.279. The van der Waals surface area contributed by atoms with Gasteiger partial charge in [-0.25, -0.2) is 0 Å². The average molecular weight is 338 g/mol. The van der Waals surface area contributed by atoms with Crippen LogP contribution in [0.15, 0.2) is 24.3 Å². The van der Waals surface area contributed by atoms with E-state index in [0.717, 1.165) is 5.56 Å². The number of carbonyl (C=O) groups is 2. The molecule has 126 valence electrons. The van der Waals surface area contributed by atoms with Crippen LogP contribution in [0.25, 0.3) is 0 Å². The Hall–Kier alpha value is -1.59. The minimum Gasteiger partial charge on any atom is -0.369 e. The van der Waals surface area contributed by atoms with E-state index in [1.807, 2.05) is 48.0 Å². The van der Waals surface area contributed by atoms with E-state index in [-0.39, 0.29) is 23.8 Å². The van der Waals surface area contributed by atoms with Gasteiger partial charge in [-0.05, 0) is 38.4 Å². The fourth-order valence-electron chi connectivity index (χ4n) is 2.87. The van der Waals surface area contributed by atoms with E-state index in [4.69, 9.17) is 17.3 Å². The van der Waals surface area contributed by atoms with Crippen molar-refractivity contribution in [1.82, 2.24) is 9.80 Å². The Morgan fingerprint density at radius 3 is 2.52 bits per heavy atom. The molecule has 1 aliphatic heterocycles. The molecule has 0 aromatic heterocycles. The third kappa shape index (κ3) is 4.45. The van der Waals surface area contributed by atoms with Crippen molar-refractivity contribution in [1.29, 1.82) is 0 Å². The van der Waals surface area contributed by atoms with E-state index in [2.05, 4.69) is 0 Å². The predicted molar refractivity (Wildman–Crippen MR) is 90.9 cm³/mol. The van der Waals surface area contributed by atoms with Gasteiger partial charge in [-0.15, -0.1) is 0 Å². The molecule has 1 aromatic rings. The second-order valence-electron chi connectivity index (χ2n) is 6.18. The Bertz CT molecular complexity index is 571. The van der Waals surface area contributed by atoms with Crippen molar-refractivity contribution in [2.45, 2.75) is 32.4 Å². The monoisotopic (exact) mass is 337 g/mol. The lowest BCUT2D eigenvalue weighted by molar-refractivity contribution is -0.139. The molecule has 0 saturated carbocycles. The SMILES string of the molecule is C[C@H](C(=O)N1CCC(C(N)=O)CC1)N(C)Cc1ccccc1Cl. The zero-order chi connectivity index (χ0) is 17.0. The minimum atomic E-state index is -0.263. The van der Waals surface area contributed by atoms with E-state index < -0.39 is 0 Å². The summed E-state index contributed by atoms with van der Waals surface area (Å²) < 4.78 is 0. The first-order valence-corrected chi connectivity index (χ1v) is 8.29. The lowest BCUT2D eigenvalue weighted by atomic mass is 9.96. The lowest BCUT2D eigenvalue weighted by Crippen LogP contribution is -2.49. The van der Waals surface area contributed by atoms with Gasteiger partial charge in [0.2, 0.25) is 11.8 Å². The van der Waals surface area contributed by atoms with Crippen LogP contribution in [0, 0.1) is 5.92 Å². The summed E-state index contributed by atoms with van der Waals surface area (Å²) in [6.45, 7) is 3.71. The highest BCUT2D eigenvalue weighted by molar-refractivity contribution is 6.31. The number of rotatable bonds is 5. The zero-order valence-corrected chi connectivity index (χ0v) is 14.4. The molecule has 23 heavy (non-hydrogen) atoms. The summed E-state index contributed by atoms with van der Waals surface area (Å²) in [7, 11) is 1.92. The van der Waals surface area contributed by atoms with Gasteiger partial charge in [0.1, 0.15) is 0 Å². The maximum atomic E-state index is 12.6. The third-order valence-corrected chi connectivity index (χ3v) is 4.97. The van der Waals surface area contributed by atoms with Crippen LogP contribution < -0.4 is 5.73 Å². The fourth-order valence-corrected chi connectivity index (χ4v) is 3.06. The molecule has 1 aromatic carbocycles. The first-order chi connectivity index (χ1) is 10.9. The van der Waals surface area contributed by atoms with Gasteiger partial charge in [-0.1, -0.05) is 29.8 Å². The molecule has 1 saturated heterocycles. The molecule has 0 bridgehead atoms. The van der Waals surface area contributed by atoms with Crippen LogP contribution in [0.1, 0.15) is 25.3 Å². The van der Waals surface area contributed by atoms with Crippen molar-refractivity contribution in [3.05, 3.63) is 34.9 Å². The second kappa shape index (κ2) is 7.79. The number of likely N-dealkylation sites (tertiary alicyclic amines) is 1. The Balaban J connectivity index is 1.92. The maximum Gasteiger partial charge on any atom is 0.239 e. The quantitative estimate of drug-likeness (QED) is 0.892. The highest BCUT2D eigenvalue weighted by Gasteiger charge is 2.29. The number of amides is 2. The molecule has 1 atom stereocenters. The standard InChI is InChI=1S/C17H24ClN3O2/c1-12(20(2)11-14-5-3-4-6-15(14)18)17(23)21-9-7-13(8-10-21)16(19)22/h3-6,12-13H,7-11H2,1-2H3,(H2,19,22)/t12-/m1/s1. The Kier molecular flexibility index (Phi) is 6.02. The number of hydrogen-bond acceptors (Lipinski definition) is 3. The number of benzene rings is 1. The highest BCUT2D eigenvalue weighted by atomic mass is 35.5. The smallest absolute Gasteiger partial charge is 0.239 e. The number of likely N-dealkylation sites (N-methyl/N-ethyl adjacent to an activating group) is 1. The van der Waals surface area contributed by atoms with Crippen LogP contribution in [0.3, 0.4) is 0 Å². The molecule has 0 spiro atoms. The number of nitrogens with two attached hydrogens (primary N) is 1. The van der Waals surface area contributed by atoms with E-state index in [1.54, 1.807) is 0 Å². The van der Waals surface area contributed by atoms with Crippen molar-refractivity contribution in [3.63, 3.8) is 0 Å². The minimum absolute atomic E-state index is 0.0856. The first kappa shape index (κ1) is 17.8. The molecular weight excluding hydrogens is 314 g/mol. The summed E-state index contributed by atoms with van der Waals surface area (Å²) in [6.07, 6.45) is 1.31. The molecule has 1 fully saturated rings. The molecule has 1 heterocycles. The zero-order valence-electron chi connectivity index (χ0n) is 13.7. The van der Waals surface area contributed by atoms with Crippen molar-refractivity contribution >= 4 is 23.4 Å². The molecular formula is C17H24ClN3O2. The topological polar surface area (TPSA) is 66.6 Å². The van der Waals surface area contributed by atoms with Crippen LogP contribution in [0.4, 0.5) is 0 Å². The number of halogens is 1. The summed E-state index contributed by atoms with van der Waals surface area (Å²) in [6, 6.07) is 7.41. The molecule has 5 nitrogen and oxygen atoms in total. The van der Waals surface area contributed by atoms with Gasteiger partial charge in [-0.2, -0.15) is 0 Å². The van der Waals surface area contributed by atoms with E-state index in [1.165, 1.54) is 0 Å². The summed E-state index contributed by atoms with van der Waals surface area (Å²) >= 11 is 6.18. The predicted octanol–water partition coefficient (Wildman–Crippen LogP) is 1.88. The summed E-state index contributed by atoms with van der Waals surface area (Å²) in [4.78, 5) is 27.6. The van der Waals surface area contributed by atoms with Crippen molar-refractivity contribution in [2.75, 3.05) is 20.1 Å². The number of primary amides is 1. The summed E-state index contributed by atoms with van der Waals surface area (Å²) in [5.41, 5.74) is 6.34. The normalized spacial score (nSPS) is 17.3. The van der Waals surface area contributed by atoms with Gasteiger partial charge in [0.05, 0.1) is 6.04 Å². The number of carbonyl (C=O) groups excluding carboxylic acids is 2. The van der Waals surface area contributed by atoms with E-state index >= 15 is 0 Å². The van der Waals surface area contributed by atoms with Gasteiger partial charge in [0, 0.05) is 30.6 Å². The number of piperidine rings is 1. The number of nitrogens with zero attached hydrogens (tertiary/aromatic N) is 2. The molecule has 1 aliphatic rings. The van der Waals surface area contributed by atoms with Gasteiger partial charge in [0.15, 0.2) is 0 Å². The lowest BCUT2D eigenvalue weighted by Gasteiger charge is -2.34. The average Bonchev–Trinajstić information content (AvgIpc) is 2.55. The second-order valence-corrected chi connectivity index (χ2v) is 6.59. The van der Waals surface area contributed by atoms with Crippen LogP contribution in [-0.4, -0.2) is 47.8 Å². The molecule has 2 amide bonds. The summed E-state index contributed by atoms with van der Waals surface area (Å²) in [5, 5.41) is 0.710. The van der Waals surface area contributed by atoms with Crippen molar-refractivity contribution in [2.24, 2.45) is 11.7 Å². The van der Waals surface area contributed by atoms with Gasteiger partial charge >= 0.3 is 0 Å². The molecule has 2 rings (SSSR count). The van der Waals surface area contributed by atoms with Gasteiger partial charge < -0.3 is 10.6 Å². The maximum absolute atomic E-state index is 12.6. The third-order valence-electron chi connectivity index (χ3n) is 4.61. The van der Waals surface area contributed by atoms with Crippen LogP contribution in [0.2, 0.25) is 5.02 Å². The molecule has 0 unspecified atom stereocenters. The molecule has 0 radical (unpaired) electrons. The van der Waals surface area contributed by atoms with Gasteiger partial charge in [-0.3, -0.25) is 14.5 Å². The van der Waals surface area contributed by atoms with Crippen LogP contribution in [0.5, 0.6) is 0 Å². The fraction of sp³-hybridized carbons (Fsp3) is 0.529. The number of hydrogen-bond donors (Lipinski definition) is 1. The van der Waals surface area contributed by atoms with Crippen LogP contribution >= 0.6 is 11.6 Å².